The van der Waals surface area contributed by atoms with Crippen LogP contribution < -0.4 is 5.43 Å². The summed E-state index contributed by atoms with van der Waals surface area (Å²) in [5.74, 6) is 0.877. The zero-order valence-corrected chi connectivity index (χ0v) is 17.4. The van der Waals surface area contributed by atoms with Crippen molar-refractivity contribution in [3.05, 3.63) is 68.0 Å². The first-order valence-corrected chi connectivity index (χ1v) is 9.88. The zero-order valence-electron chi connectivity index (χ0n) is 16.7. The molecule has 0 bridgehead atoms. The van der Waals surface area contributed by atoms with Gasteiger partial charge < -0.3 is 4.42 Å². The van der Waals surface area contributed by atoms with Crippen LogP contribution in [0.2, 0.25) is 5.02 Å². The lowest BCUT2D eigenvalue weighted by atomic mass is 9.95. The van der Waals surface area contributed by atoms with Crippen LogP contribution >= 0.6 is 11.6 Å². The molecule has 0 saturated carbocycles. The van der Waals surface area contributed by atoms with Gasteiger partial charge in [0.2, 0.25) is 0 Å². The molecule has 4 rings (SSSR count). The lowest BCUT2D eigenvalue weighted by Gasteiger charge is -2.28. The van der Waals surface area contributed by atoms with Crippen LogP contribution in [-0.4, -0.2) is 21.4 Å². The van der Waals surface area contributed by atoms with Crippen molar-refractivity contribution in [2.24, 2.45) is 0 Å². The predicted molar refractivity (Wildman–Crippen MR) is 111 cm³/mol. The summed E-state index contributed by atoms with van der Waals surface area (Å²) in [5.41, 5.74) is 4.27. The highest BCUT2D eigenvalue weighted by atomic mass is 35.5. The van der Waals surface area contributed by atoms with Crippen molar-refractivity contribution in [3.63, 3.8) is 0 Å². The van der Waals surface area contributed by atoms with E-state index >= 15 is 0 Å². The van der Waals surface area contributed by atoms with Gasteiger partial charge in [-0.05, 0) is 24.6 Å². The number of hydrogen-bond donors (Lipinski definition) is 0. The second kappa shape index (κ2) is 6.98. The molecular weight excluding hydrogens is 374 g/mol. The Bertz CT molecular complexity index is 1120. The Morgan fingerprint density at radius 1 is 1.29 bits per heavy atom. The van der Waals surface area contributed by atoms with E-state index in [0.29, 0.717) is 28.1 Å². The molecule has 0 spiro atoms. The first-order valence-electron chi connectivity index (χ1n) is 9.50. The van der Waals surface area contributed by atoms with Crippen LogP contribution in [0.1, 0.15) is 49.0 Å². The van der Waals surface area contributed by atoms with E-state index in [0.717, 1.165) is 42.2 Å². The highest BCUT2D eigenvalue weighted by Gasteiger charge is 2.23. The summed E-state index contributed by atoms with van der Waals surface area (Å²) >= 11 is 6.20. The second-order valence-electron chi connectivity index (χ2n) is 8.56. The minimum atomic E-state index is -0.0597. The van der Waals surface area contributed by atoms with Crippen molar-refractivity contribution < 1.29 is 4.42 Å². The fraction of sp³-hybridized carbons (Fsp3) is 0.409. The fourth-order valence-electron chi connectivity index (χ4n) is 3.51. The van der Waals surface area contributed by atoms with Gasteiger partial charge in [0, 0.05) is 59.5 Å². The first kappa shape index (κ1) is 19.1. The normalized spacial score (nSPS) is 15.0. The summed E-state index contributed by atoms with van der Waals surface area (Å²) in [6, 6.07) is 3.51. The molecule has 1 aliphatic rings. The summed E-state index contributed by atoms with van der Waals surface area (Å²) in [6.07, 6.45) is 4.36. The lowest BCUT2D eigenvalue weighted by Crippen LogP contribution is -2.33. The summed E-state index contributed by atoms with van der Waals surface area (Å²) in [4.78, 5) is 24.4. The maximum atomic E-state index is 12.9. The highest BCUT2D eigenvalue weighted by Crippen LogP contribution is 2.24. The molecule has 2 aromatic heterocycles. The smallest absolute Gasteiger partial charge is 0.197 e. The number of aryl methyl sites for hydroxylation is 1. The molecular formula is C22H24ClN3O2. The SMILES string of the molecule is Cc1cc2occ(CN3CCc4nc(C(C)(C)C)ncc4C3)c(=O)c2cc1Cl. The molecule has 0 aliphatic carbocycles. The second-order valence-corrected chi connectivity index (χ2v) is 8.97. The number of hydrogen-bond acceptors (Lipinski definition) is 5. The quantitative estimate of drug-likeness (QED) is 0.641. The number of fused-ring (bicyclic) bond motifs is 2. The third-order valence-electron chi connectivity index (χ3n) is 5.20. The van der Waals surface area contributed by atoms with Crippen LogP contribution in [0.3, 0.4) is 0 Å². The molecule has 3 aromatic rings. The van der Waals surface area contributed by atoms with Crippen LogP contribution in [0.15, 0.2) is 33.8 Å². The van der Waals surface area contributed by atoms with Gasteiger partial charge in [0.1, 0.15) is 11.4 Å². The van der Waals surface area contributed by atoms with Gasteiger partial charge in [0.25, 0.3) is 0 Å². The fourth-order valence-corrected chi connectivity index (χ4v) is 3.68. The molecule has 0 radical (unpaired) electrons. The van der Waals surface area contributed by atoms with E-state index < -0.39 is 0 Å². The van der Waals surface area contributed by atoms with Crippen LogP contribution in [-0.2, 0) is 24.9 Å². The van der Waals surface area contributed by atoms with Crippen molar-refractivity contribution in [1.29, 1.82) is 0 Å². The first-order chi connectivity index (χ1) is 13.2. The third kappa shape index (κ3) is 3.56. The van der Waals surface area contributed by atoms with E-state index in [1.807, 2.05) is 19.2 Å². The Hall–Kier alpha value is -2.24. The average molecular weight is 398 g/mol. The zero-order chi connectivity index (χ0) is 20.1. The van der Waals surface area contributed by atoms with Gasteiger partial charge in [0.15, 0.2) is 5.43 Å². The highest BCUT2D eigenvalue weighted by molar-refractivity contribution is 6.32. The molecule has 3 heterocycles. The van der Waals surface area contributed by atoms with E-state index in [1.54, 1.807) is 12.3 Å². The Kier molecular flexibility index (Phi) is 4.76. The molecule has 0 atom stereocenters. The van der Waals surface area contributed by atoms with Gasteiger partial charge in [-0.15, -0.1) is 0 Å². The summed E-state index contributed by atoms with van der Waals surface area (Å²) < 4.78 is 5.71. The molecule has 0 fully saturated rings. The molecule has 6 heteroatoms. The van der Waals surface area contributed by atoms with Crippen molar-refractivity contribution in [3.8, 4) is 0 Å². The molecule has 0 unspecified atom stereocenters. The molecule has 0 amide bonds. The van der Waals surface area contributed by atoms with Crippen molar-refractivity contribution in [1.82, 2.24) is 14.9 Å². The van der Waals surface area contributed by atoms with Crippen LogP contribution in [0.25, 0.3) is 11.0 Å². The van der Waals surface area contributed by atoms with Gasteiger partial charge in [-0.25, -0.2) is 9.97 Å². The van der Waals surface area contributed by atoms with Gasteiger partial charge in [-0.3, -0.25) is 9.69 Å². The van der Waals surface area contributed by atoms with E-state index in [4.69, 9.17) is 21.0 Å². The van der Waals surface area contributed by atoms with Crippen LogP contribution in [0.4, 0.5) is 0 Å². The molecule has 5 nitrogen and oxygen atoms in total. The van der Waals surface area contributed by atoms with Crippen LogP contribution in [0, 0.1) is 6.92 Å². The van der Waals surface area contributed by atoms with Crippen molar-refractivity contribution >= 4 is 22.6 Å². The van der Waals surface area contributed by atoms with E-state index in [2.05, 4.69) is 30.7 Å². The van der Waals surface area contributed by atoms with E-state index in [1.165, 1.54) is 0 Å². The Morgan fingerprint density at radius 2 is 2.07 bits per heavy atom. The van der Waals surface area contributed by atoms with Gasteiger partial charge >= 0.3 is 0 Å². The van der Waals surface area contributed by atoms with Crippen molar-refractivity contribution in [2.45, 2.75) is 52.6 Å². The maximum absolute atomic E-state index is 12.9. The number of nitrogens with zero attached hydrogens (tertiary/aromatic N) is 3. The van der Waals surface area contributed by atoms with E-state index in [-0.39, 0.29) is 10.8 Å². The van der Waals surface area contributed by atoms with Crippen molar-refractivity contribution in [2.75, 3.05) is 6.54 Å². The van der Waals surface area contributed by atoms with Gasteiger partial charge in [-0.2, -0.15) is 0 Å². The largest absolute Gasteiger partial charge is 0.464 e. The molecule has 0 N–H and O–H groups in total. The number of halogens is 1. The third-order valence-corrected chi connectivity index (χ3v) is 5.61. The Morgan fingerprint density at radius 3 is 2.82 bits per heavy atom. The topological polar surface area (TPSA) is 59.2 Å². The Balaban J connectivity index is 1.59. The van der Waals surface area contributed by atoms with Gasteiger partial charge in [0.05, 0.1) is 11.6 Å². The van der Waals surface area contributed by atoms with Crippen LogP contribution in [0.5, 0.6) is 0 Å². The Labute approximate surface area is 169 Å². The minimum Gasteiger partial charge on any atom is -0.464 e. The predicted octanol–water partition coefficient (Wildman–Crippen LogP) is 4.40. The minimum absolute atomic E-state index is 0.0201. The molecule has 1 aromatic carbocycles. The standard InChI is InChI=1S/C22H24ClN3O2/c1-13-7-19-16(8-17(13)23)20(27)15(12-28-19)11-26-6-5-18-14(10-26)9-24-21(25-18)22(2,3)4/h7-9,12H,5-6,10-11H2,1-4H3. The number of rotatable bonds is 2. The van der Waals surface area contributed by atoms with E-state index in [9.17, 15) is 4.79 Å². The average Bonchev–Trinajstić information content (AvgIpc) is 2.64. The summed E-state index contributed by atoms with van der Waals surface area (Å²) in [7, 11) is 0. The molecule has 146 valence electrons. The molecule has 1 aliphatic heterocycles. The lowest BCUT2D eigenvalue weighted by molar-refractivity contribution is 0.240. The maximum Gasteiger partial charge on any atom is 0.197 e. The number of aromatic nitrogens is 2. The molecule has 28 heavy (non-hydrogen) atoms. The monoisotopic (exact) mass is 397 g/mol. The summed E-state index contributed by atoms with van der Waals surface area (Å²) in [6.45, 7) is 10.4. The number of benzene rings is 1. The molecule has 0 saturated heterocycles. The summed E-state index contributed by atoms with van der Waals surface area (Å²) in [5, 5.41) is 1.11. The van der Waals surface area contributed by atoms with Gasteiger partial charge in [-0.1, -0.05) is 32.4 Å².